The number of carbonyl (C=O) groups is 1. The first-order chi connectivity index (χ1) is 9.56. The Bertz CT molecular complexity index is 651. The fourth-order valence-corrected chi connectivity index (χ4v) is 2.04. The number of pyridine rings is 1. The van der Waals surface area contributed by atoms with Crippen LogP contribution in [0.1, 0.15) is 29.2 Å². The number of rotatable bonds is 4. The quantitative estimate of drug-likeness (QED) is 0.872. The molecule has 1 heterocycles. The monoisotopic (exact) mass is 303 g/mol. The molecule has 3 nitrogen and oxygen atoms in total. The van der Waals surface area contributed by atoms with Gasteiger partial charge in [-0.3, -0.25) is 4.98 Å². The Morgan fingerprint density at radius 1 is 1.33 bits per heavy atom. The first kappa shape index (κ1) is 16.9. The number of aromatic nitrogens is 1. The summed E-state index contributed by atoms with van der Waals surface area (Å²) in [5.74, 6) is -0.887. The highest BCUT2D eigenvalue weighted by Gasteiger charge is 2.03. The van der Waals surface area contributed by atoms with Crippen LogP contribution in [-0.2, 0) is 11.2 Å². The maximum atomic E-state index is 10.8. The fourth-order valence-electron chi connectivity index (χ4n) is 2.04. The zero-order valence-corrected chi connectivity index (χ0v) is 12.9. The lowest BCUT2D eigenvalue weighted by Gasteiger charge is -2.07. The number of nitrogens with zero attached hydrogens (tertiary/aromatic N) is 1. The third kappa shape index (κ3) is 4.72. The van der Waals surface area contributed by atoms with Crippen molar-refractivity contribution < 1.29 is 9.90 Å². The van der Waals surface area contributed by atoms with Crippen molar-refractivity contribution in [2.45, 2.75) is 20.3 Å². The molecule has 0 fully saturated rings. The Labute approximate surface area is 130 Å². The van der Waals surface area contributed by atoms with Crippen LogP contribution in [0.15, 0.2) is 48.3 Å². The number of hydrogen-bond acceptors (Lipinski definition) is 2. The van der Waals surface area contributed by atoms with Crippen molar-refractivity contribution in [2.24, 2.45) is 0 Å². The minimum atomic E-state index is -0.887. The predicted octanol–water partition coefficient (Wildman–Crippen LogP) is 3.89. The first-order valence-corrected chi connectivity index (χ1v) is 6.46. The smallest absolute Gasteiger partial charge is 0.331 e. The van der Waals surface area contributed by atoms with Gasteiger partial charge in [0.2, 0.25) is 0 Å². The molecule has 0 atom stereocenters. The molecule has 0 bridgehead atoms. The summed E-state index contributed by atoms with van der Waals surface area (Å²) < 4.78 is 0. The van der Waals surface area contributed by atoms with Crippen LogP contribution in [0.25, 0.3) is 6.08 Å². The summed E-state index contributed by atoms with van der Waals surface area (Å²) in [4.78, 5) is 14.9. The lowest BCUT2D eigenvalue weighted by atomic mass is 9.99. The molecule has 1 N–H and O–H groups in total. The van der Waals surface area contributed by atoms with E-state index in [0.717, 1.165) is 17.5 Å². The second-order valence-electron chi connectivity index (χ2n) is 4.86. The maximum absolute atomic E-state index is 10.8. The SMILES string of the molecule is CC(=Cc1ccc(Cc2cccnc2)c(C)c1)C(=O)O.Cl. The van der Waals surface area contributed by atoms with Gasteiger partial charge >= 0.3 is 5.97 Å². The lowest BCUT2D eigenvalue weighted by Crippen LogP contribution is -1.96. The molecule has 110 valence electrons. The average molecular weight is 304 g/mol. The molecule has 0 aliphatic carbocycles. The number of halogens is 1. The lowest BCUT2D eigenvalue weighted by molar-refractivity contribution is -0.132. The topological polar surface area (TPSA) is 50.2 Å². The molecule has 1 aromatic heterocycles. The van der Waals surface area contributed by atoms with E-state index >= 15 is 0 Å². The van der Waals surface area contributed by atoms with E-state index in [1.54, 1.807) is 19.2 Å². The Morgan fingerprint density at radius 3 is 2.67 bits per heavy atom. The molecule has 0 radical (unpaired) electrons. The van der Waals surface area contributed by atoms with Crippen LogP contribution in [0.3, 0.4) is 0 Å². The number of carboxylic acids is 1. The van der Waals surface area contributed by atoms with Crippen molar-refractivity contribution >= 4 is 24.5 Å². The molecular formula is C17H18ClNO2. The first-order valence-electron chi connectivity index (χ1n) is 6.46. The molecule has 0 saturated heterocycles. The predicted molar refractivity (Wildman–Crippen MR) is 86.8 cm³/mol. The second-order valence-corrected chi connectivity index (χ2v) is 4.86. The minimum absolute atomic E-state index is 0. The fraction of sp³-hybridized carbons (Fsp3) is 0.176. The van der Waals surface area contributed by atoms with E-state index in [-0.39, 0.29) is 12.4 Å². The van der Waals surface area contributed by atoms with Crippen LogP contribution in [0.2, 0.25) is 0 Å². The van der Waals surface area contributed by atoms with Crippen LogP contribution >= 0.6 is 12.4 Å². The van der Waals surface area contributed by atoms with E-state index in [1.165, 1.54) is 11.1 Å². The molecule has 0 aliphatic rings. The van der Waals surface area contributed by atoms with Crippen LogP contribution in [0.4, 0.5) is 0 Å². The summed E-state index contributed by atoms with van der Waals surface area (Å²) in [6.45, 7) is 3.64. The molecule has 0 unspecified atom stereocenters. The van der Waals surface area contributed by atoms with Crippen LogP contribution in [-0.4, -0.2) is 16.1 Å². The maximum Gasteiger partial charge on any atom is 0.331 e. The van der Waals surface area contributed by atoms with Gasteiger partial charge in [-0.15, -0.1) is 12.4 Å². The summed E-state index contributed by atoms with van der Waals surface area (Å²) in [6.07, 6.45) is 6.14. The Hall–Kier alpha value is -2.13. The van der Waals surface area contributed by atoms with Gasteiger partial charge in [0.1, 0.15) is 0 Å². The van der Waals surface area contributed by atoms with Crippen molar-refractivity contribution in [1.29, 1.82) is 0 Å². The minimum Gasteiger partial charge on any atom is -0.478 e. The van der Waals surface area contributed by atoms with E-state index in [2.05, 4.69) is 11.1 Å². The average Bonchev–Trinajstić information content (AvgIpc) is 2.43. The third-order valence-electron chi connectivity index (χ3n) is 3.20. The van der Waals surface area contributed by atoms with E-state index in [4.69, 9.17) is 5.11 Å². The Balaban J connectivity index is 0.00000220. The Kier molecular flexibility index (Phi) is 6.12. The zero-order valence-electron chi connectivity index (χ0n) is 12.0. The summed E-state index contributed by atoms with van der Waals surface area (Å²) in [5, 5.41) is 8.89. The number of aliphatic carboxylic acids is 1. The number of carboxylic acid groups (broad SMARTS) is 1. The normalized spacial score (nSPS) is 10.9. The van der Waals surface area contributed by atoms with Gasteiger partial charge in [0, 0.05) is 18.0 Å². The van der Waals surface area contributed by atoms with Crippen molar-refractivity contribution in [1.82, 2.24) is 4.98 Å². The molecule has 4 heteroatoms. The van der Waals surface area contributed by atoms with Crippen LogP contribution < -0.4 is 0 Å². The zero-order chi connectivity index (χ0) is 14.5. The van der Waals surface area contributed by atoms with Gasteiger partial charge in [0.05, 0.1) is 0 Å². The highest BCUT2D eigenvalue weighted by molar-refractivity contribution is 5.91. The van der Waals surface area contributed by atoms with Gasteiger partial charge in [-0.05, 0) is 54.7 Å². The molecular weight excluding hydrogens is 286 g/mol. The van der Waals surface area contributed by atoms with Crippen molar-refractivity contribution in [2.75, 3.05) is 0 Å². The summed E-state index contributed by atoms with van der Waals surface area (Å²) in [6, 6.07) is 9.99. The Morgan fingerprint density at radius 2 is 2.10 bits per heavy atom. The van der Waals surface area contributed by atoms with E-state index in [0.29, 0.717) is 5.57 Å². The molecule has 0 saturated carbocycles. The standard InChI is InChI=1S/C17H17NO2.ClH/c1-12-8-14(9-13(2)17(19)20)5-6-16(12)10-15-4-3-7-18-11-15;/h3-9,11H,10H2,1-2H3,(H,19,20);1H. The third-order valence-corrected chi connectivity index (χ3v) is 3.20. The van der Waals surface area contributed by atoms with Gasteiger partial charge < -0.3 is 5.11 Å². The van der Waals surface area contributed by atoms with Gasteiger partial charge in [-0.2, -0.15) is 0 Å². The van der Waals surface area contributed by atoms with Crippen molar-refractivity contribution in [3.63, 3.8) is 0 Å². The molecule has 0 amide bonds. The second kappa shape index (κ2) is 7.60. The molecule has 21 heavy (non-hydrogen) atoms. The highest BCUT2D eigenvalue weighted by Crippen LogP contribution is 2.17. The van der Waals surface area contributed by atoms with E-state index in [9.17, 15) is 4.79 Å². The summed E-state index contributed by atoms with van der Waals surface area (Å²) in [5.41, 5.74) is 4.80. The number of aryl methyl sites for hydroxylation is 1. The van der Waals surface area contributed by atoms with Gasteiger partial charge in [0.15, 0.2) is 0 Å². The van der Waals surface area contributed by atoms with E-state index < -0.39 is 5.97 Å². The molecule has 0 spiro atoms. The molecule has 2 aromatic rings. The molecule has 2 rings (SSSR count). The molecule has 0 aliphatic heterocycles. The van der Waals surface area contributed by atoms with Crippen molar-refractivity contribution in [3.8, 4) is 0 Å². The molecule has 1 aromatic carbocycles. The number of hydrogen-bond donors (Lipinski definition) is 1. The van der Waals surface area contributed by atoms with Gasteiger partial charge in [0.25, 0.3) is 0 Å². The largest absolute Gasteiger partial charge is 0.478 e. The highest BCUT2D eigenvalue weighted by atomic mass is 35.5. The number of benzene rings is 1. The summed E-state index contributed by atoms with van der Waals surface area (Å²) >= 11 is 0. The van der Waals surface area contributed by atoms with E-state index in [1.807, 2.05) is 37.4 Å². The summed E-state index contributed by atoms with van der Waals surface area (Å²) in [7, 11) is 0. The van der Waals surface area contributed by atoms with Crippen LogP contribution in [0.5, 0.6) is 0 Å². The van der Waals surface area contributed by atoms with Crippen LogP contribution in [0, 0.1) is 6.92 Å². The van der Waals surface area contributed by atoms with Crippen molar-refractivity contribution in [3.05, 3.63) is 70.6 Å². The van der Waals surface area contributed by atoms with Gasteiger partial charge in [-0.25, -0.2) is 4.79 Å². The van der Waals surface area contributed by atoms with Gasteiger partial charge in [-0.1, -0.05) is 24.3 Å².